The second-order valence-corrected chi connectivity index (χ2v) is 8.27. The van der Waals surface area contributed by atoms with E-state index in [1.54, 1.807) is 7.11 Å². The van der Waals surface area contributed by atoms with E-state index in [-0.39, 0.29) is 11.9 Å². The lowest BCUT2D eigenvalue weighted by atomic mass is 9.99. The third kappa shape index (κ3) is 4.01. The van der Waals surface area contributed by atoms with Gasteiger partial charge >= 0.3 is 0 Å². The van der Waals surface area contributed by atoms with Gasteiger partial charge in [0.1, 0.15) is 11.5 Å². The van der Waals surface area contributed by atoms with Gasteiger partial charge in [0.2, 0.25) is 0 Å². The van der Waals surface area contributed by atoms with Crippen molar-refractivity contribution in [3.8, 4) is 11.5 Å². The summed E-state index contributed by atoms with van der Waals surface area (Å²) in [5.74, 6) is 1.75. The maximum atomic E-state index is 14.0. The highest BCUT2D eigenvalue weighted by Gasteiger charge is 2.31. The van der Waals surface area contributed by atoms with Gasteiger partial charge in [-0.05, 0) is 62.6 Å². The average Bonchev–Trinajstić information content (AvgIpc) is 2.94. The van der Waals surface area contributed by atoms with Gasteiger partial charge in [-0.2, -0.15) is 0 Å². The van der Waals surface area contributed by atoms with Gasteiger partial charge in [-0.25, -0.2) is 0 Å². The minimum atomic E-state index is 0.0747. The smallest absolute Gasteiger partial charge is 0.256 e. The quantitative estimate of drug-likeness (QED) is 0.536. The highest BCUT2D eigenvalue weighted by molar-refractivity contribution is 6.09. The number of ether oxygens (including phenoxy) is 2. The number of carbonyl (C=O) groups excluding carboxylic acids is 1. The normalized spacial score (nSPS) is 16.9. The Hall–Kier alpha value is -2.95. The van der Waals surface area contributed by atoms with E-state index in [0.717, 1.165) is 65.9 Å². The first-order valence-corrected chi connectivity index (χ1v) is 11.2. The number of rotatable bonds is 5. The summed E-state index contributed by atoms with van der Waals surface area (Å²) in [7, 11) is 3.70. The molecule has 3 aromatic rings. The van der Waals surface area contributed by atoms with Crippen LogP contribution >= 0.6 is 0 Å². The highest BCUT2D eigenvalue weighted by atomic mass is 16.5. The Morgan fingerprint density at radius 3 is 2.52 bits per heavy atom. The molecule has 0 radical (unpaired) electrons. The van der Waals surface area contributed by atoms with Crippen molar-refractivity contribution in [2.75, 3.05) is 20.3 Å². The first-order valence-electron chi connectivity index (χ1n) is 11.2. The first kappa shape index (κ1) is 21.3. The molecule has 1 aromatic heterocycles. The van der Waals surface area contributed by atoms with Crippen molar-refractivity contribution < 1.29 is 14.3 Å². The predicted octanol–water partition coefficient (Wildman–Crippen LogP) is 5.65. The van der Waals surface area contributed by atoms with Crippen LogP contribution < -0.4 is 9.47 Å². The monoisotopic (exact) mass is 420 g/mol. The van der Waals surface area contributed by atoms with Crippen molar-refractivity contribution in [3.63, 3.8) is 0 Å². The van der Waals surface area contributed by atoms with Crippen LogP contribution in [0.4, 0.5) is 0 Å². The summed E-state index contributed by atoms with van der Waals surface area (Å²) >= 11 is 0. The van der Waals surface area contributed by atoms with E-state index in [1.165, 1.54) is 5.56 Å². The molecule has 31 heavy (non-hydrogen) atoms. The number of fused-ring (bicyclic) bond motifs is 1. The van der Waals surface area contributed by atoms with E-state index < -0.39 is 0 Å². The molecule has 1 atom stereocenters. The van der Waals surface area contributed by atoms with Crippen LogP contribution in [0.2, 0.25) is 0 Å². The van der Waals surface area contributed by atoms with Gasteiger partial charge < -0.3 is 18.9 Å². The standard InChI is InChI=1S/C26H32N2O3/c1-5-31-21-14-15-24-22(17-21)25(18(2)27(24)3)26(29)28-16-8-6-7-9-23(28)19-10-12-20(30-4)13-11-19/h10-15,17,23H,5-9,16H2,1-4H3/t23-/m0/s1. The zero-order chi connectivity index (χ0) is 22.0. The molecule has 4 rings (SSSR count). The molecule has 1 aliphatic rings. The van der Waals surface area contributed by atoms with Crippen molar-refractivity contribution >= 4 is 16.8 Å². The Morgan fingerprint density at radius 1 is 1.06 bits per heavy atom. The lowest BCUT2D eigenvalue weighted by molar-refractivity contribution is 0.0682. The molecule has 0 saturated carbocycles. The van der Waals surface area contributed by atoms with Crippen LogP contribution in [0.25, 0.3) is 10.9 Å². The molecular formula is C26H32N2O3. The lowest BCUT2D eigenvalue weighted by Gasteiger charge is -2.31. The van der Waals surface area contributed by atoms with Crippen LogP contribution in [0.3, 0.4) is 0 Å². The molecule has 0 unspecified atom stereocenters. The molecule has 0 aliphatic carbocycles. The molecule has 2 heterocycles. The summed E-state index contributed by atoms with van der Waals surface area (Å²) in [6.07, 6.45) is 4.29. The third-order valence-electron chi connectivity index (χ3n) is 6.50. The van der Waals surface area contributed by atoms with Crippen molar-refractivity contribution in [3.05, 3.63) is 59.3 Å². The van der Waals surface area contributed by atoms with Crippen LogP contribution in [0.15, 0.2) is 42.5 Å². The highest BCUT2D eigenvalue weighted by Crippen LogP contribution is 2.35. The van der Waals surface area contributed by atoms with E-state index in [2.05, 4.69) is 21.6 Å². The number of nitrogens with zero attached hydrogens (tertiary/aromatic N) is 2. The molecular weight excluding hydrogens is 388 g/mol. The van der Waals surface area contributed by atoms with Crippen LogP contribution in [0.1, 0.15) is 60.3 Å². The Morgan fingerprint density at radius 2 is 1.81 bits per heavy atom. The van der Waals surface area contributed by atoms with Gasteiger partial charge in [0.25, 0.3) is 5.91 Å². The molecule has 5 heteroatoms. The minimum Gasteiger partial charge on any atom is -0.497 e. The predicted molar refractivity (Wildman–Crippen MR) is 124 cm³/mol. The molecule has 0 spiro atoms. The number of hydrogen-bond donors (Lipinski definition) is 0. The van der Waals surface area contributed by atoms with Gasteiger partial charge in [0, 0.05) is 30.2 Å². The summed E-state index contributed by atoms with van der Waals surface area (Å²) < 4.78 is 13.2. The second kappa shape index (κ2) is 9.04. The largest absolute Gasteiger partial charge is 0.497 e. The zero-order valence-electron chi connectivity index (χ0n) is 19.0. The Labute approximate surface area is 184 Å². The molecule has 0 N–H and O–H groups in total. The SMILES string of the molecule is CCOc1ccc2c(c1)c(C(=O)N1CCCCC[C@H]1c1ccc(OC)cc1)c(C)n2C. The number of carbonyl (C=O) groups is 1. The number of methoxy groups -OCH3 is 1. The third-order valence-corrected chi connectivity index (χ3v) is 6.50. The van der Waals surface area contributed by atoms with Crippen molar-refractivity contribution in [1.82, 2.24) is 9.47 Å². The number of hydrogen-bond acceptors (Lipinski definition) is 3. The molecule has 2 aromatic carbocycles. The van der Waals surface area contributed by atoms with Crippen LogP contribution in [-0.2, 0) is 7.05 Å². The summed E-state index contributed by atoms with van der Waals surface area (Å²) in [6, 6.07) is 14.3. The summed E-state index contributed by atoms with van der Waals surface area (Å²) in [5.41, 5.74) is 4.01. The zero-order valence-corrected chi connectivity index (χ0v) is 19.0. The fourth-order valence-corrected chi connectivity index (χ4v) is 4.75. The van der Waals surface area contributed by atoms with Crippen LogP contribution in [0, 0.1) is 6.92 Å². The van der Waals surface area contributed by atoms with E-state index >= 15 is 0 Å². The maximum absolute atomic E-state index is 14.0. The van der Waals surface area contributed by atoms with Gasteiger partial charge in [0.05, 0.1) is 25.3 Å². The molecule has 1 fully saturated rings. The molecule has 164 valence electrons. The van der Waals surface area contributed by atoms with E-state index in [4.69, 9.17) is 9.47 Å². The number of benzene rings is 2. The van der Waals surface area contributed by atoms with Crippen molar-refractivity contribution in [2.24, 2.45) is 7.05 Å². The lowest BCUT2D eigenvalue weighted by Crippen LogP contribution is -2.35. The van der Waals surface area contributed by atoms with Crippen LogP contribution in [0.5, 0.6) is 11.5 Å². The van der Waals surface area contributed by atoms with E-state index in [1.807, 2.05) is 51.2 Å². The topological polar surface area (TPSA) is 43.7 Å². The van der Waals surface area contributed by atoms with Gasteiger partial charge in [-0.3, -0.25) is 4.79 Å². The number of aryl methyl sites for hydroxylation is 1. The first-order chi connectivity index (χ1) is 15.0. The van der Waals surface area contributed by atoms with Crippen LogP contribution in [-0.4, -0.2) is 35.6 Å². The van der Waals surface area contributed by atoms with Gasteiger partial charge in [0.15, 0.2) is 0 Å². The summed E-state index contributed by atoms with van der Waals surface area (Å²) in [6.45, 7) is 5.39. The maximum Gasteiger partial charge on any atom is 0.256 e. The summed E-state index contributed by atoms with van der Waals surface area (Å²) in [5, 5.41) is 0.966. The molecule has 1 saturated heterocycles. The number of amides is 1. The van der Waals surface area contributed by atoms with Crippen molar-refractivity contribution in [2.45, 2.75) is 45.6 Å². The Bertz CT molecular complexity index is 1070. The fourth-order valence-electron chi connectivity index (χ4n) is 4.75. The number of likely N-dealkylation sites (tertiary alicyclic amines) is 1. The fraction of sp³-hybridized carbons (Fsp3) is 0.423. The Balaban J connectivity index is 1.77. The van der Waals surface area contributed by atoms with E-state index in [0.29, 0.717) is 6.61 Å². The second-order valence-electron chi connectivity index (χ2n) is 8.27. The number of aromatic nitrogens is 1. The van der Waals surface area contributed by atoms with Gasteiger partial charge in [-0.15, -0.1) is 0 Å². The minimum absolute atomic E-state index is 0.0747. The van der Waals surface area contributed by atoms with Crippen molar-refractivity contribution in [1.29, 1.82) is 0 Å². The van der Waals surface area contributed by atoms with E-state index in [9.17, 15) is 4.79 Å². The average molecular weight is 421 g/mol. The Kier molecular flexibility index (Phi) is 6.21. The molecule has 1 aliphatic heterocycles. The summed E-state index contributed by atoms with van der Waals surface area (Å²) in [4.78, 5) is 16.1. The van der Waals surface area contributed by atoms with Gasteiger partial charge in [-0.1, -0.05) is 25.0 Å². The molecule has 5 nitrogen and oxygen atoms in total. The molecule has 1 amide bonds. The molecule has 0 bridgehead atoms.